The molecule has 1 fully saturated rings. The predicted octanol–water partition coefficient (Wildman–Crippen LogP) is 4.14. The Morgan fingerprint density at radius 2 is 1.80 bits per heavy atom. The van der Waals surface area contributed by atoms with E-state index in [2.05, 4.69) is 5.32 Å². The lowest BCUT2D eigenvalue weighted by Gasteiger charge is -2.30. The van der Waals surface area contributed by atoms with Gasteiger partial charge >= 0.3 is 0 Å². The Kier molecular flexibility index (Phi) is 6.89. The molecule has 0 spiro atoms. The van der Waals surface area contributed by atoms with Crippen LogP contribution in [0.2, 0.25) is 0 Å². The zero-order chi connectivity index (χ0) is 21.7. The molecule has 2 aromatic carbocycles. The molecule has 0 aromatic heterocycles. The van der Waals surface area contributed by atoms with Gasteiger partial charge in [0.05, 0.1) is 4.90 Å². The monoisotopic (exact) mass is 432 g/mol. The fourth-order valence-corrected chi connectivity index (χ4v) is 4.92. The Hall–Kier alpha value is -2.71. The minimum absolute atomic E-state index is 0.0259. The third kappa shape index (κ3) is 5.25. The molecule has 1 aliphatic rings. The largest absolute Gasteiger partial charge is 0.505 e. The van der Waals surface area contributed by atoms with Crippen molar-refractivity contribution in [1.29, 1.82) is 0 Å². The molecule has 2 N–H and O–H groups in total. The van der Waals surface area contributed by atoms with Crippen LogP contribution in [0, 0.1) is 5.82 Å². The number of nitrogens with zero attached hydrogens (tertiary/aromatic N) is 1. The quantitative estimate of drug-likeness (QED) is 0.672. The zero-order valence-corrected chi connectivity index (χ0v) is 17.5. The summed E-state index contributed by atoms with van der Waals surface area (Å²) < 4.78 is 40.5. The number of phenolic OH excluding ortho intramolecular Hbond substituents is 1. The van der Waals surface area contributed by atoms with Crippen LogP contribution in [0.1, 0.15) is 37.7 Å². The minimum atomic E-state index is -3.59. The van der Waals surface area contributed by atoms with E-state index in [1.165, 1.54) is 52.9 Å². The van der Waals surface area contributed by atoms with Gasteiger partial charge in [-0.1, -0.05) is 25.3 Å². The average molecular weight is 433 g/mol. The van der Waals surface area contributed by atoms with Gasteiger partial charge in [0, 0.05) is 24.9 Å². The van der Waals surface area contributed by atoms with Crippen molar-refractivity contribution in [3.8, 4) is 5.75 Å². The summed E-state index contributed by atoms with van der Waals surface area (Å²) in [5.74, 6) is -1.67. The molecule has 160 valence electrons. The fourth-order valence-electron chi connectivity index (χ4n) is 3.50. The lowest BCUT2D eigenvalue weighted by Crippen LogP contribution is -2.38. The average Bonchev–Trinajstić information content (AvgIpc) is 2.75. The van der Waals surface area contributed by atoms with Crippen molar-refractivity contribution in [3.05, 3.63) is 59.9 Å². The topological polar surface area (TPSA) is 86.7 Å². The Bertz CT molecular complexity index is 1030. The molecule has 1 aliphatic carbocycles. The molecule has 0 radical (unpaired) electrons. The Morgan fingerprint density at radius 1 is 1.13 bits per heavy atom. The van der Waals surface area contributed by atoms with Crippen molar-refractivity contribution in [2.75, 3.05) is 12.4 Å². The molecule has 0 aliphatic heterocycles. The van der Waals surface area contributed by atoms with Crippen LogP contribution in [0.3, 0.4) is 0 Å². The summed E-state index contributed by atoms with van der Waals surface area (Å²) >= 11 is 0. The summed E-state index contributed by atoms with van der Waals surface area (Å²) in [4.78, 5) is 12.3. The summed E-state index contributed by atoms with van der Waals surface area (Å²) in [7, 11) is -1.96. The lowest BCUT2D eigenvalue weighted by atomic mass is 9.96. The number of carbonyl (C=O) groups is 1. The number of phenols is 1. The fraction of sp³-hybridized carbons (Fsp3) is 0.318. The standard InChI is InChI=1S/C22H25FN2O4S/c1-25(18-5-3-2-4-6-18)30(28,29)19-11-9-17(10-12-19)24-22(27)14-8-16-7-13-21(26)20(23)15-16/h7-15,18,26H,2-6H2,1H3,(H,24,27)/b14-8+. The number of rotatable bonds is 6. The third-order valence-corrected chi connectivity index (χ3v) is 7.21. The van der Waals surface area contributed by atoms with Crippen molar-refractivity contribution < 1.29 is 22.7 Å². The van der Waals surface area contributed by atoms with Crippen molar-refractivity contribution in [1.82, 2.24) is 4.31 Å². The lowest BCUT2D eigenvalue weighted by molar-refractivity contribution is -0.111. The van der Waals surface area contributed by atoms with Crippen molar-refractivity contribution >= 4 is 27.7 Å². The second-order valence-electron chi connectivity index (χ2n) is 7.37. The van der Waals surface area contributed by atoms with Gasteiger partial charge in [-0.15, -0.1) is 0 Å². The smallest absolute Gasteiger partial charge is 0.248 e. The molecule has 0 bridgehead atoms. The number of nitrogens with one attached hydrogen (secondary N) is 1. The van der Waals surface area contributed by atoms with Gasteiger partial charge in [-0.05, 0) is 60.9 Å². The number of hydrogen-bond acceptors (Lipinski definition) is 4. The van der Waals surface area contributed by atoms with Crippen molar-refractivity contribution in [2.45, 2.75) is 43.0 Å². The maximum atomic E-state index is 13.3. The number of carbonyl (C=O) groups excluding carboxylic acids is 1. The molecule has 3 rings (SSSR count). The summed E-state index contributed by atoms with van der Waals surface area (Å²) in [6.07, 6.45) is 7.62. The van der Waals surface area contributed by atoms with Gasteiger partial charge in [-0.2, -0.15) is 4.31 Å². The van der Waals surface area contributed by atoms with Crippen molar-refractivity contribution in [2.24, 2.45) is 0 Å². The maximum Gasteiger partial charge on any atom is 0.248 e. The van der Waals surface area contributed by atoms with Crippen LogP contribution in [0.15, 0.2) is 53.4 Å². The van der Waals surface area contributed by atoms with Gasteiger partial charge in [-0.3, -0.25) is 4.79 Å². The third-order valence-electron chi connectivity index (χ3n) is 5.29. The predicted molar refractivity (Wildman–Crippen MR) is 114 cm³/mol. The number of benzene rings is 2. The summed E-state index contributed by atoms with van der Waals surface area (Å²) in [5.41, 5.74) is 0.869. The minimum Gasteiger partial charge on any atom is -0.505 e. The van der Waals surface area contributed by atoms with Crippen LogP contribution in [-0.2, 0) is 14.8 Å². The molecule has 30 heavy (non-hydrogen) atoms. The number of halogens is 1. The summed E-state index contributed by atoms with van der Waals surface area (Å²) in [5, 5.41) is 11.8. The van der Waals surface area contributed by atoms with E-state index in [0.29, 0.717) is 11.3 Å². The van der Waals surface area contributed by atoms with Gasteiger partial charge in [0.15, 0.2) is 11.6 Å². The summed E-state index contributed by atoms with van der Waals surface area (Å²) in [6, 6.07) is 9.84. The molecule has 0 heterocycles. The highest BCUT2D eigenvalue weighted by molar-refractivity contribution is 7.89. The number of amides is 1. The highest BCUT2D eigenvalue weighted by Crippen LogP contribution is 2.27. The maximum absolute atomic E-state index is 13.3. The van der Waals surface area contributed by atoms with Gasteiger partial charge in [-0.25, -0.2) is 12.8 Å². The SMILES string of the molecule is CN(C1CCCCC1)S(=O)(=O)c1ccc(NC(=O)/C=C/c2ccc(O)c(F)c2)cc1. The molecular formula is C22H25FN2O4S. The van der Waals surface area contributed by atoms with Gasteiger partial charge in [0.1, 0.15) is 0 Å². The van der Waals surface area contributed by atoms with Crippen LogP contribution in [-0.4, -0.2) is 36.8 Å². The van der Waals surface area contributed by atoms with E-state index in [9.17, 15) is 22.7 Å². The van der Waals surface area contributed by atoms with E-state index in [0.717, 1.165) is 38.2 Å². The molecule has 1 amide bonds. The first-order chi connectivity index (χ1) is 14.3. The van der Waals surface area contributed by atoms with Gasteiger partial charge < -0.3 is 10.4 Å². The molecule has 0 atom stereocenters. The normalized spacial score (nSPS) is 15.6. The first kappa shape index (κ1) is 22.0. The molecule has 6 nitrogen and oxygen atoms in total. The van der Waals surface area contributed by atoms with Crippen LogP contribution in [0.25, 0.3) is 6.08 Å². The molecule has 2 aromatic rings. The first-order valence-electron chi connectivity index (χ1n) is 9.83. The van der Waals surface area contributed by atoms with Crippen LogP contribution in [0.4, 0.5) is 10.1 Å². The van der Waals surface area contributed by atoms with Crippen molar-refractivity contribution in [3.63, 3.8) is 0 Å². The summed E-state index contributed by atoms with van der Waals surface area (Å²) in [6.45, 7) is 0. The number of hydrogen-bond donors (Lipinski definition) is 2. The van der Waals surface area contributed by atoms with Crippen LogP contribution < -0.4 is 5.32 Å². The Labute approximate surface area is 176 Å². The Balaban J connectivity index is 1.64. The molecule has 0 unspecified atom stereocenters. The highest BCUT2D eigenvalue weighted by Gasteiger charge is 2.28. The second kappa shape index (κ2) is 9.40. The number of sulfonamides is 1. The van der Waals surface area contributed by atoms with E-state index in [-0.39, 0.29) is 10.9 Å². The van der Waals surface area contributed by atoms with E-state index >= 15 is 0 Å². The van der Waals surface area contributed by atoms with E-state index in [1.807, 2.05) is 0 Å². The molecule has 8 heteroatoms. The number of anilines is 1. The van der Waals surface area contributed by atoms with Crippen LogP contribution >= 0.6 is 0 Å². The molecule has 1 saturated carbocycles. The molecular weight excluding hydrogens is 407 g/mol. The van der Waals surface area contributed by atoms with E-state index in [1.54, 1.807) is 7.05 Å². The van der Waals surface area contributed by atoms with E-state index in [4.69, 9.17) is 0 Å². The first-order valence-corrected chi connectivity index (χ1v) is 11.3. The highest BCUT2D eigenvalue weighted by atomic mass is 32.2. The zero-order valence-electron chi connectivity index (χ0n) is 16.7. The van der Waals surface area contributed by atoms with Gasteiger partial charge in [0.25, 0.3) is 0 Å². The van der Waals surface area contributed by atoms with Gasteiger partial charge in [0.2, 0.25) is 15.9 Å². The van der Waals surface area contributed by atoms with Crippen LogP contribution in [0.5, 0.6) is 5.75 Å². The number of aromatic hydroxyl groups is 1. The Morgan fingerprint density at radius 3 is 2.43 bits per heavy atom. The molecule has 0 saturated heterocycles. The second-order valence-corrected chi connectivity index (χ2v) is 9.37. The van der Waals surface area contributed by atoms with E-state index < -0.39 is 27.5 Å².